The molecule has 0 N–H and O–H groups in total. The van der Waals surface area contributed by atoms with Crippen molar-refractivity contribution >= 4 is 11.7 Å². The van der Waals surface area contributed by atoms with Gasteiger partial charge in [0.25, 0.3) is 0 Å². The van der Waals surface area contributed by atoms with Gasteiger partial charge in [0.2, 0.25) is 0 Å². The summed E-state index contributed by atoms with van der Waals surface area (Å²) in [6.07, 6.45) is 11.3. The number of amides is 2. The Morgan fingerprint density at radius 2 is 1.71 bits per heavy atom. The minimum Gasteiger partial charge on any atom is -0.323 e. The van der Waals surface area contributed by atoms with Gasteiger partial charge in [-0.05, 0) is 38.6 Å². The van der Waals surface area contributed by atoms with Gasteiger partial charge in [-0.1, -0.05) is 32.1 Å². The first-order valence-corrected chi connectivity index (χ1v) is 9.15. The molecule has 0 unspecified atom stereocenters. The molecule has 0 aliphatic heterocycles. The lowest BCUT2D eigenvalue weighted by atomic mass is 9.87. The molecule has 1 saturated carbocycles. The van der Waals surface area contributed by atoms with Gasteiger partial charge < -0.3 is 9.80 Å². The molecular formula is C19H32N4O. The number of urea groups is 1. The maximum absolute atomic E-state index is 12.9. The average Bonchev–Trinajstić information content (AvgIpc) is 2.62. The van der Waals surface area contributed by atoms with E-state index in [-0.39, 0.29) is 6.03 Å². The Morgan fingerprint density at radius 3 is 2.33 bits per heavy atom. The second kappa shape index (κ2) is 9.62. The Bertz CT molecular complexity index is 485. The molecule has 0 saturated heterocycles. The molecule has 134 valence electrons. The van der Waals surface area contributed by atoms with Crippen LogP contribution in [0.2, 0.25) is 0 Å². The molecule has 0 radical (unpaired) electrons. The number of anilines is 1. The normalized spacial score (nSPS) is 15.5. The van der Waals surface area contributed by atoms with Crippen LogP contribution in [0.1, 0.15) is 38.5 Å². The predicted octanol–water partition coefficient (Wildman–Crippen LogP) is 3.47. The van der Waals surface area contributed by atoms with Crippen molar-refractivity contribution in [3.63, 3.8) is 0 Å². The highest BCUT2D eigenvalue weighted by Crippen LogP contribution is 2.26. The van der Waals surface area contributed by atoms with E-state index in [2.05, 4.69) is 24.0 Å². The lowest BCUT2D eigenvalue weighted by Crippen LogP contribution is -2.45. The van der Waals surface area contributed by atoms with Crippen molar-refractivity contribution in [2.75, 3.05) is 45.7 Å². The number of carbonyl (C=O) groups excluding carboxylic acids is 1. The smallest absolute Gasteiger partial charge is 0.323 e. The van der Waals surface area contributed by atoms with E-state index >= 15 is 0 Å². The molecule has 1 aromatic rings. The summed E-state index contributed by atoms with van der Waals surface area (Å²) < 4.78 is 0. The van der Waals surface area contributed by atoms with E-state index in [1.165, 1.54) is 32.1 Å². The highest BCUT2D eigenvalue weighted by atomic mass is 16.2. The standard InChI is InChI=1S/C19H32N4O/c1-21(2)15-16-23(14-11-17-7-5-4-6-8-17)19(24)22(3)18-9-12-20-13-10-18/h9-10,12-13,17H,4-8,11,14-16H2,1-3H3. The van der Waals surface area contributed by atoms with Crippen LogP contribution in [0, 0.1) is 5.92 Å². The number of aromatic nitrogens is 1. The molecule has 1 aromatic heterocycles. The second-order valence-corrected chi connectivity index (χ2v) is 7.13. The fourth-order valence-corrected chi connectivity index (χ4v) is 3.33. The van der Waals surface area contributed by atoms with Crippen LogP contribution in [0.25, 0.3) is 0 Å². The molecule has 2 rings (SSSR count). The molecule has 2 amide bonds. The molecule has 1 heterocycles. The zero-order valence-electron chi connectivity index (χ0n) is 15.4. The van der Waals surface area contributed by atoms with Gasteiger partial charge in [-0.3, -0.25) is 9.88 Å². The van der Waals surface area contributed by atoms with E-state index in [4.69, 9.17) is 0 Å². The quantitative estimate of drug-likeness (QED) is 0.767. The summed E-state index contributed by atoms with van der Waals surface area (Å²) in [6.45, 7) is 2.52. The van der Waals surface area contributed by atoms with E-state index in [9.17, 15) is 4.79 Å². The molecule has 1 fully saturated rings. The van der Waals surface area contributed by atoms with Crippen molar-refractivity contribution in [3.8, 4) is 0 Å². The first-order valence-electron chi connectivity index (χ1n) is 9.15. The van der Waals surface area contributed by atoms with Gasteiger partial charge >= 0.3 is 6.03 Å². The van der Waals surface area contributed by atoms with Crippen molar-refractivity contribution in [2.45, 2.75) is 38.5 Å². The van der Waals surface area contributed by atoms with Crippen LogP contribution in [0.15, 0.2) is 24.5 Å². The monoisotopic (exact) mass is 332 g/mol. The maximum Gasteiger partial charge on any atom is 0.324 e. The molecule has 24 heavy (non-hydrogen) atoms. The Labute approximate surface area is 146 Å². The highest BCUT2D eigenvalue weighted by molar-refractivity contribution is 5.91. The van der Waals surface area contributed by atoms with E-state index in [0.29, 0.717) is 0 Å². The van der Waals surface area contributed by atoms with Crippen molar-refractivity contribution < 1.29 is 4.79 Å². The predicted molar refractivity (Wildman–Crippen MR) is 99.4 cm³/mol. The van der Waals surface area contributed by atoms with Gasteiger partial charge in [-0.15, -0.1) is 0 Å². The first-order chi connectivity index (χ1) is 11.6. The fourth-order valence-electron chi connectivity index (χ4n) is 3.33. The van der Waals surface area contributed by atoms with Gasteiger partial charge in [0.15, 0.2) is 0 Å². The zero-order chi connectivity index (χ0) is 17.4. The molecule has 0 aromatic carbocycles. The van der Waals surface area contributed by atoms with Crippen molar-refractivity contribution in [1.29, 1.82) is 0 Å². The van der Waals surface area contributed by atoms with Crippen LogP contribution in [-0.2, 0) is 0 Å². The molecule has 0 spiro atoms. The van der Waals surface area contributed by atoms with Crippen molar-refractivity contribution in [2.24, 2.45) is 5.92 Å². The maximum atomic E-state index is 12.9. The lowest BCUT2D eigenvalue weighted by Gasteiger charge is -2.31. The number of hydrogen-bond donors (Lipinski definition) is 0. The Morgan fingerprint density at radius 1 is 1.04 bits per heavy atom. The van der Waals surface area contributed by atoms with E-state index in [0.717, 1.165) is 37.7 Å². The van der Waals surface area contributed by atoms with Gasteiger partial charge in [-0.25, -0.2) is 4.79 Å². The first kappa shape index (κ1) is 18.7. The summed E-state index contributed by atoms with van der Waals surface area (Å²) in [7, 11) is 5.95. The molecule has 0 bridgehead atoms. The third-order valence-corrected chi connectivity index (χ3v) is 4.96. The number of carbonyl (C=O) groups is 1. The summed E-state index contributed by atoms with van der Waals surface area (Å²) in [5, 5.41) is 0. The molecule has 1 aliphatic carbocycles. The molecular weight excluding hydrogens is 300 g/mol. The van der Waals surface area contributed by atoms with Gasteiger partial charge in [0, 0.05) is 44.8 Å². The summed E-state index contributed by atoms with van der Waals surface area (Å²) >= 11 is 0. The zero-order valence-corrected chi connectivity index (χ0v) is 15.4. The van der Waals surface area contributed by atoms with Crippen LogP contribution in [0.4, 0.5) is 10.5 Å². The minimum absolute atomic E-state index is 0.0823. The summed E-state index contributed by atoms with van der Waals surface area (Å²) in [6, 6.07) is 3.84. The topological polar surface area (TPSA) is 39.7 Å². The number of likely N-dealkylation sites (N-methyl/N-ethyl adjacent to an activating group) is 1. The third-order valence-electron chi connectivity index (χ3n) is 4.96. The Kier molecular flexibility index (Phi) is 7.50. The van der Waals surface area contributed by atoms with E-state index < -0.39 is 0 Å². The third kappa shape index (κ3) is 5.78. The Hall–Kier alpha value is -1.62. The van der Waals surface area contributed by atoms with Gasteiger partial charge in [0.05, 0.1) is 0 Å². The van der Waals surface area contributed by atoms with Gasteiger partial charge in [-0.2, -0.15) is 0 Å². The molecule has 0 atom stereocenters. The van der Waals surface area contributed by atoms with Crippen LogP contribution in [-0.4, -0.2) is 61.6 Å². The number of hydrogen-bond acceptors (Lipinski definition) is 3. The SMILES string of the molecule is CN(C)CCN(CCC1CCCCC1)C(=O)N(C)c1ccncc1. The minimum atomic E-state index is 0.0823. The number of rotatable bonds is 7. The van der Waals surface area contributed by atoms with E-state index in [1.54, 1.807) is 17.3 Å². The Balaban J connectivity index is 1.96. The van der Waals surface area contributed by atoms with Crippen molar-refractivity contribution in [1.82, 2.24) is 14.8 Å². The van der Waals surface area contributed by atoms with Crippen LogP contribution in [0.3, 0.4) is 0 Å². The molecule has 5 heteroatoms. The largest absolute Gasteiger partial charge is 0.324 e. The average molecular weight is 332 g/mol. The van der Waals surface area contributed by atoms with Crippen LogP contribution in [0.5, 0.6) is 0 Å². The summed E-state index contributed by atoms with van der Waals surface area (Å²) in [4.78, 5) is 22.8. The van der Waals surface area contributed by atoms with Crippen LogP contribution >= 0.6 is 0 Å². The number of nitrogens with zero attached hydrogens (tertiary/aromatic N) is 4. The van der Waals surface area contributed by atoms with Crippen molar-refractivity contribution in [3.05, 3.63) is 24.5 Å². The van der Waals surface area contributed by atoms with Gasteiger partial charge in [0.1, 0.15) is 0 Å². The van der Waals surface area contributed by atoms with Crippen LogP contribution < -0.4 is 4.90 Å². The second-order valence-electron chi connectivity index (χ2n) is 7.13. The lowest BCUT2D eigenvalue weighted by molar-refractivity contribution is 0.191. The summed E-state index contributed by atoms with van der Waals surface area (Å²) in [5.74, 6) is 0.791. The molecule has 1 aliphatic rings. The number of pyridine rings is 1. The van der Waals surface area contributed by atoms with E-state index in [1.807, 2.05) is 24.1 Å². The molecule has 5 nitrogen and oxygen atoms in total. The highest BCUT2D eigenvalue weighted by Gasteiger charge is 2.21. The fraction of sp³-hybridized carbons (Fsp3) is 0.684. The summed E-state index contributed by atoms with van der Waals surface area (Å²) in [5.41, 5.74) is 0.891.